The normalized spacial score (nSPS) is 14.8. The second kappa shape index (κ2) is 9.35. The molecule has 1 heterocycles. The summed E-state index contributed by atoms with van der Waals surface area (Å²) in [4.78, 5) is 31.6. The largest absolute Gasteiger partial charge is 0.494 e. The number of allylic oxidation sites excluding steroid dienone is 1. The van der Waals surface area contributed by atoms with Crippen molar-refractivity contribution in [3.8, 4) is 5.88 Å². The van der Waals surface area contributed by atoms with Gasteiger partial charge in [-0.3, -0.25) is 19.3 Å². The van der Waals surface area contributed by atoms with E-state index >= 15 is 0 Å². The van der Waals surface area contributed by atoms with Crippen molar-refractivity contribution in [3.05, 3.63) is 73.9 Å². The average molecular weight is 381 g/mol. The fraction of sp³-hybridized carbons (Fsp3) is 0.409. The van der Waals surface area contributed by atoms with Gasteiger partial charge in [0.25, 0.3) is 5.56 Å². The van der Waals surface area contributed by atoms with Gasteiger partial charge in [-0.15, -0.1) is 0 Å². The quantitative estimate of drug-likeness (QED) is 0.569. The lowest BCUT2D eigenvalue weighted by Crippen LogP contribution is -2.34. The lowest BCUT2D eigenvalue weighted by atomic mass is 9.97. The summed E-state index contributed by atoms with van der Waals surface area (Å²) in [7, 11) is 0. The Labute approximate surface area is 164 Å². The van der Waals surface area contributed by atoms with Crippen LogP contribution in [-0.4, -0.2) is 26.9 Å². The van der Waals surface area contributed by atoms with E-state index in [0.717, 1.165) is 24.8 Å². The fourth-order valence-corrected chi connectivity index (χ4v) is 3.57. The first-order chi connectivity index (χ1) is 13.6. The van der Waals surface area contributed by atoms with Crippen LogP contribution in [0.2, 0.25) is 0 Å². The fourth-order valence-electron chi connectivity index (χ4n) is 3.57. The number of nitrogens with one attached hydrogen (secondary N) is 1. The summed E-state index contributed by atoms with van der Waals surface area (Å²) in [6, 6.07) is 9.34. The maximum Gasteiger partial charge on any atom is 0.331 e. The Morgan fingerprint density at radius 1 is 1.21 bits per heavy atom. The summed E-state index contributed by atoms with van der Waals surface area (Å²) < 4.78 is 1.18. The highest BCUT2D eigenvalue weighted by Crippen LogP contribution is 2.20. The third kappa shape index (κ3) is 4.68. The maximum atomic E-state index is 12.4. The molecule has 1 aromatic heterocycles. The molecule has 0 fully saturated rings. The third-order valence-electron chi connectivity index (χ3n) is 5.10. The predicted octanol–water partition coefficient (Wildman–Crippen LogP) is 3.38. The van der Waals surface area contributed by atoms with Crippen LogP contribution in [-0.2, 0) is 6.54 Å². The summed E-state index contributed by atoms with van der Waals surface area (Å²) in [6.45, 7) is 2.65. The first-order valence-corrected chi connectivity index (χ1v) is 9.91. The van der Waals surface area contributed by atoms with Crippen molar-refractivity contribution in [3.63, 3.8) is 0 Å². The molecule has 28 heavy (non-hydrogen) atoms. The van der Waals surface area contributed by atoms with E-state index in [1.165, 1.54) is 23.0 Å². The standard InChI is InChI=1S/C22H27N3O3/c1-2-18(23-14-13-16-9-5-3-6-10-16)19-20(26)24-22(28)25(21(19)27)15-17-11-7-4-8-12-17/h4,7-9,11-12,27H,2-3,5-6,10,13-15H2,1H3,(H,24,26,28). The van der Waals surface area contributed by atoms with Crippen molar-refractivity contribution in [2.24, 2.45) is 4.99 Å². The topological polar surface area (TPSA) is 87.4 Å². The van der Waals surface area contributed by atoms with Crippen LogP contribution in [0.1, 0.15) is 56.6 Å². The van der Waals surface area contributed by atoms with Gasteiger partial charge in [0.1, 0.15) is 5.56 Å². The van der Waals surface area contributed by atoms with E-state index in [2.05, 4.69) is 16.1 Å². The van der Waals surface area contributed by atoms with E-state index in [-0.39, 0.29) is 18.0 Å². The van der Waals surface area contributed by atoms with Crippen LogP contribution >= 0.6 is 0 Å². The van der Waals surface area contributed by atoms with Crippen LogP contribution in [0.15, 0.2) is 56.6 Å². The smallest absolute Gasteiger partial charge is 0.331 e. The minimum absolute atomic E-state index is 0.0932. The highest BCUT2D eigenvalue weighted by atomic mass is 16.3. The number of hydrogen-bond donors (Lipinski definition) is 2. The molecule has 0 radical (unpaired) electrons. The molecule has 2 aromatic rings. The van der Waals surface area contributed by atoms with Crippen molar-refractivity contribution in [2.75, 3.05) is 6.54 Å². The maximum absolute atomic E-state index is 12.4. The molecule has 1 aliphatic rings. The third-order valence-corrected chi connectivity index (χ3v) is 5.10. The zero-order valence-corrected chi connectivity index (χ0v) is 16.3. The van der Waals surface area contributed by atoms with Gasteiger partial charge < -0.3 is 5.11 Å². The van der Waals surface area contributed by atoms with Gasteiger partial charge in [0, 0.05) is 6.54 Å². The number of hydrogen-bond acceptors (Lipinski definition) is 4. The van der Waals surface area contributed by atoms with Crippen LogP contribution in [0, 0.1) is 0 Å². The van der Waals surface area contributed by atoms with E-state index in [1.807, 2.05) is 37.3 Å². The van der Waals surface area contributed by atoms with Crippen LogP contribution in [0.25, 0.3) is 0 Å². The van der Waals surface area contributed by atoms with Crippen LogP contribution < -0.4 is 11.2 Å². The van der Waals surface area contributed by atoms with E-state index in [4.69, 9.17) is 0 Å². The van der Waals surface area contributed by atoms with Crippen molar-refractivity contribution in [1.29, 1.82) is 0 Å². The van der Waals surface area contributed by atoms with Gasteiger partial charge in [-0.2, -0.15) is 0 Å². The zero-order chi connectivity index (χ0) is 19.9. The first kappa shape index (κ1) is 19.9. The van der Waals surface area contributed by atoms with Gasteiger partial charge >= 0.3 is 5.69 Å². The van der Waals surface area contributed by atoms with Crippen molar-refractivity contribution >= 4 is 5.71 Å². The molecular weight excluding hydrogens is 354 g/mol. The van der Waals surface area contributed by atoms with E-state index in [1.54, 1.807) is 0 Å². The van der Waals surface area contributed by atoms with Gasteiger partial charge in [0.05, 0.1) is 12.3 Å². The lowest BCUT2D eigenvalue weighted by Gasteiger charge is -2.13. The molecule has 0 saturated heterocycles. The summed E-state index contributed by atoms with van der Waals surface area (Å²) >= 11 is 0. The number of aromatic nitrogens is 2. The summed E-state index contributed by atoms with van der Waals surface area (Å²) in [5.74, 6) is -0.324. The number of nitrogens with zero attached hydrogens (tertiary/aromatic N) is 2. The lowest BCUT2D eigenvalue weighted by molar-refractivity contribution is 0.407. The monoisotopic (exact) mass is 381 g/mol. The van der Waals surface area contributed by atoms with Gasteiger partial charge in [-0.05, 0) is 44.1 Å². The van der Waals surface area contributed by atoms with Crippen LogP contribution in [0.5, 0.6) is 5.88 Å². The molecule has 148 valence electrons. The molecular formula is C22H27N3O3. The second-order valence-corrected chi connectivity index (χ2v) is 7.07. The van der Waals surface area contributed by atoms with E-state index in [9.17, 15) is 14.7 Å². The molecule has 3 rings (SSSR count). The molecule has 1 aliphatic carbocycles. The average Bonchev–Trinajstić information content (AvgIpc) is 2.71. The molecule has 0 spiro atoms. The molecule has 0 unspecified atom stereocenters. The van der Waals surface area contributed by atoms with Gasteiger partial charge in [-0.25, -0.2) is 4.79 Å². The van der Waals surface area contributed by atoms with Gasteiger partial charge in [-0.1, -0.05) is 48.9 Å². The highest BCUT2D eigenvalue weighted by molar-refractivity contribution is 6.01. The molecule has 2 N–H and O–H groups in total. The minimum atomic E-state index is -0.627. The highest BCUT2D eigenvalue weighted by Gasteiger charge is 2.18. The molecule has 0 atom stereocenters. The Morgan fingerprint density at radius 3 is 2.68 bits per heavy atom. The Morgan fingerprint density at radius 2 is 2.00 bits per heavy atom. The van der Waals surface area contributed by atoms with Crippen molar-refractivity contribution in [1.82, 2.24) is 9.55 Å². The predicted molar refractivity (Wildman–Crippen MR) is 111 cm³/mol. The van der Waals surface area contributed by atoms with Gasteiger partial charge in [0.2, 0.25) is 5.88 Å². The van der Waals surface area contributed by atoms with Crippen molar-refractivity contribution < 1.29 is 5.11 Å². The SMILES string of the molecule is CCC(=NCCC1=CCCCC1)c1c(O)n(Cc2ccccc2)c(=O)[nH]c1=O. The summed E-state index contributed by atoms with van der Waals surface area (Å²) in [5.41, 5.74) is 1.67. The Balaban J connectivity index is 1.89. The Hall–Kier alpha value is -2.89. The zero-order valence-electron chi connectivity index (χ0n) is 16.3. The Bertz CT molecular complexity index is 984. The van der Waals surface area contributed by atoms with Crippen molar-refractivity contribution in [2.45, 2.75) is 52.0 Å². The van der Waals surface area contributed by atoms with Gasteiger partial charge in [0.15, 0.2) is 0 Å². The van der Waals surface area contributed by atoms with Crippen LogP contribution in [0.3, 0.4) is 0 Å². The summed E-state index contributed by atoms with van der Waals surface area (Å²) in [6.07, 6.45) is 8.37. The van der Waals surface area contributed by atoms with Crippen LogP contribution in [0.4, 0.5) is 0 Å². The molecule has 0 amide bonds. The molecule has 6 heteroatoms. The Kier molecular flexibility index (Phi) is 6.63. The molecule has 1 aromatic carbocycles. The summed E-state index contributed by atoms with van der Waals surface area (Å²) in [5, 5.41) is 10.7. The molecule has 0 saturated carbocycles. The number of rotatable bonds is 7. The van der Waals surface area contributed by atoms with E-state index < -0.39 is 11.2 Å². The first-order valence-electron chi connectivity index (χ1n) is 9.91. The second-order valence-electron chi connectivity index (χ2n) is 7.07. The number of aliphatic imine (C=N–C) groups is 1. The number of aromatic amines is 1. The number of benzene rings is 1. The molecule has 6 nitrogen and oxygen atoms in total. The molecule has 0 bridgehead atoms. The van der Waals surface area contributed by atoms with E-state index in [0.29, 0.717) is 18.7 Å². The number of aromatic hydroxyl groups is 1. The number of H-pyrrole nitrogens is 1. The minimum Gasteiger partial charge on any atom is -0.494 e. The molecule has 0 aliphatic heterocycles.